The summed E-state index contributed by atoms with van der Waals surface area (Å²) in [6.45, 7) is 1.71. The zero-order valence-electron chi connectivity index (χ0n) is 16.5. The lowest BCUT2D eigenvalue weighted by Crippen LogP contribution is -2.39. The summed E-state index contributed by atoms with van der Waals surface area (Å²) in [6.07, 6.45) is 3.77. The minimum absolute atomic E-state index is 0.175. The molecule has 0 amide bonds. The molecule has 0 radical (unpaired) electrons. The van der Waals surface area contributed by atoms with Crippen LogP contribution in [-0.2, 0) is 13.0 Å². The zero-order chi connectivity index (χ0) is 20.1. The summed E-state index contributed by atoms with van der Waals surface area (Å²) in [7, 11) is 0. The van der Waals surface area contributed by atoms with Crippen molar-refractivity contribution >= 4 is 0 Å². The van der Waals surface area contributed by atoms with Gasteiger partial charge in [-0.05, 0) is 37.8 Å². The molecule has 2 unspecified atom stereocenters. The number of aliphatic hydroxyl groups excluding tert-OH is 1. The van der Waals surface area contributed by atoms with Crippen molar-refractivity contribution in [3.63, 3.8) is 0 Å². The first kappa shape index (κ1) is 19.6. The lowest BCUT2D eigenvalue weighted by atomic mass is 10.0. The molecule has 1 N–H and O–H groups in total. The molecule has 6 heteroatoms. The van der Waals surface area contributed by atoms with Crippen LogP contribution in [0.15, 0.2) is 70.0 Å². The summed E-state index contributed by atoms with van der Waals surface area (Å²) in [6, 6.07) is 20.4. The first-order valence-electron chi connectivity index (χ1n) is 10.3. The smallest absolute Gasteiger partial charge is 0.390 e. The fraction of sp³-hybridized carbons (Fsp3) is 0.391. The average Bonchev–Trinajstić information content (AvgIpc) is 3.34. The number of aromatic nitrogens is 2. The number of rotatable bonds is 8. The molecule has 6 nitrogen and oxygen atoms in total. The topological polar surface area (TPSA) is 71.5 Å². The van der Waals surface area contributed by atoms with E-state index < -0.39 is 11.9 Å². The van der Waals surface area contributed by atoms with E-state index in [4.69, 9.17) is 4.52 Å². The lowest BCUT2D eigenvalue weighted by Gasteiger charge is -2.27. The van der Waals surface area contributed by atoms with E-state index >= 15 is 0 Å². The van der Waals surface area contributed by atoms with E-state index in [1.807, 2.05) is 36.4 Å². The first-order chi connectivity index (χ1) is 14.2. The molecule has 1 aliphatic rings. The molecule has 152 valence electrons. The van der Waals surface area contributed by atoms with Crippen molar-refractivity contribution in [3.8, 4) is 11.4 Å². The third-order valence-electron chi connectivity index (χ3n) is 5.66. The number of aryl methyl sites for hydroxylation is 1. The van der Waals surface area contributed by atoms with Crippen LogP contribution in [-0.4, -0.2) is 45.0 Å². The molecule has 0 saturated carbocycles. The molecule has 2 heterocycles. The minimum Gasteiger partial charge on any atom is -0.390 e. The third-order valence-corrected chi connectivity index (χ3v) is 5.66. The number of β-amino-alcohol motifs (C(OH)–C–C–N with tert-alkyl or cyclic N) is 1. The molecule has 0 bridgehead atoms. The molecule has 1 saturated heterocycles. The molecule has 3 aromatic rings. The van der Waals surface area contributed by atoms with Crippen molar-refractivity contribution in [2.75, 3.05) is 13.1 Å². The van der Waals surface area contributed by atoms with Gasteiger partial charge in [-0.1, -0.05) is 65.8 Å². The maximum Gasteiger partial charge on any atom is 0.441 e. The number of likely N-dealkylation sites (tertiary alicyclic amines) is 1. The highest BCUT2D eigenvalue weighted by Crippen LogP contribution is 2.22. The van der Waals surface area contributed by atoms with Crippen LogP contribution >= 0.6 is 0 Å². The van der Waals surface area contributed by atoms with Crippen LogP contribution in [0, 0.1) is 0 Å². The molecule has 1 aromatic heterocycles. The molecular formula is C23H27N3O3. The van der Waals surface area contributed by atoms with Gasteiger partial charge in [-0.15, -0.1) is 0 Å². The van der Waals surface area contributed by atoms with Crippen LogP contribution in [0.2, 0.25) is 0 Å². The Balaban J connectivity index is 1.38. The minimum atomic E-state index is -0.660. The first-order valence-corrected chi connectivity index (χ1v) is 10.3. The second-order valence-electron chi connectivity index (χ2n) is 7.72. The fourth-order valence-corrected chi connectivity index (χ4v) is 4.20. The normalized spacial score (nSPS) is 18.2. The molecule has 1 aliphatic heterocycles. The third kappa shape index (κ3) is 4.83. The predicted molar refractivity (Wildman–Crippen MR) is 112 cm³/mol. The summed E-state index contributed by atoms with van der Waals surface area (Å²) >= 11 is 0. The van der Waals surface area contributed by atoms with Crippen molar-refractivity contribution < 1.29 is 9.63 Å². The SMILES string of the molecule is O=c1onc(-c2ccccc2)n1CC(O)CN1CCCC1CCc1ccccc1. The number of benzene rings is 2. The second kappa shape index (κ2) is 9.20. The Kier molecular flexibility index (Phi) is 6.22. The standard InChI is InChI=1S/C23H27N3O3/c27-21(17-26-22(24-29-23(26)28)19-10-5-2-6-11-19)16-25-15-7-12-20(25)14-13-18-8-3-1-4-9-18/h1-6,8-11,20-21,27H,7,12-17H2. The van der Waals surface area contributed by atoms with E-state index in [0.29, 0.717) is 18.4 Å². The number of aliphatic hydroxyl groups is 1. The van der Waals surface area contributed by atoms with E-state index in [0.717, 1.165) is 37.8 Å². The van der Waals surface area contributed by atoms with Gasteiger partial charge in [0.1, 0.15) is 0 Å². The highest BCUT2D eigenvalue weighted by Gasteiger charge is 2.27. The zero-order valence-corrected chi connectivity index (χ0v) is 16.5. The van der Waals surface area contributed by atoms with Crippen LogP contribution in [0.25, 0.3) is 11.4 Å². The maximum atomic E-state index is 12.1. The Labute approximate surface area is 170 Å². The molecule has 2 aromatic carbocycles. The average molecular weight is 393 g/mol. The van der Waals surface area contributed by atoms with Gasteiger partial charge < -0.3 is 5.11 Å². The highest BCUT2D eigenvalue weighted by molar-refractivity contribution is 5.54. The van der Waals surface area contributed by atoms with Crippen molar-refractivity contribution in [2.24, 2.45) is 0 Å². The van der Waals surface area contributed by atoms with E-state index in [9.17, 15) is 9.90 Å². The maximum absolute atomic E-state index is 12.1. The van der Waals surface area contributed by atoms with Gasteiger partial charge in [0.2, 0.25) is 0 Å². The number of hydrogen-bond donors (Lipinski definition) is 1. The molecule has 0 spiro atoms. The van der Waals surface area contributed by atoms with Crippen molar-refractivity contribution in [1.82, 2.24) is 14.6 Å². The Morgan fingerprint density at radius 3 is 2.55 bits per heavy atom. The summed E-state index contributed by atoms with van der Waals surface area (Å²) in [5.41, 5.74) is 2.15. The van der Waals surface area contributed by atoms with E-state index in [2.05, 4.69) is 34.3 Å². The van der Waals surface area contributed by atoms with Gasteiger partial charge in [-0.3, -0.25) is 14.0 Å². The van der Waals surface area contributed by atoms with Crippen LogP contribution in [0.5, 0.6) is 0 Å². The van der Waals surface area contributed by atoms with Crippen molar-refractivity contribution in [2.45, 2.75) is 44.4 Å². The Hall–Kier alpha value is -2.70. The molecular weight excluding hydrogens is 366 g/mol. The van der Waals surface area contributed by atoms with E-state index in [1.54, 1.807) is 0 Å². The monoisotopic (exact) mass is 393 g/mol. The van der Waals surface area contributed by atoms with Crippen LogP contribution < -0.4 is 5.76 Å². The van der Waals surface area contributed by atoms with Crippen molar-refractivity contribution in [1.29, 1.82) is 0 Å². The van der Waals surface area contributed by atoms with E-state index in [-0.39, 0.29) is 6.54 Å². The molecule has 4 rings (SSSR count). The van der Waals surface area contributed by atoms with Gasteiger partial charge in [0, 0.05) is 18.2 Å². The van der Waals surface area contributed by atoms with Crippen LogP contribution in [0.1, 0.15) is 24.8 Å². The van der Waals surface area contributed by atoms with Gasteiger partial charge in [0.15, 0.2) is 5.82 Å². The largest absolute Gasteiger partial charge is 0.441 e. The predicted octanol–water partition coefficient (Wildman–Crippen LogP) is 2.96. The second-order valence-corrected chi connectivity index (χ2v) is 7.72. The highest BCUT2D eigenvalue weighted by atomic mass is 16.5. The number of nitrogens with zero attached hydrogens (tertiary/aromatic N) is 3. The van der Waals surface area contributed by atoms with Gasteiger partial charge in [0.05, 0.1) is 12.6 Å². The summed E-state index contributed by atoms with van der Waals surface area (Å²) in [5, 5.41) is 14.6. The van der Waals surface area contributed by atoms with Crippen LogP contribution in [0.4, 0.5) is 0 Å². The van der Waals surface area contributed by atoms with E-state index in [1.165, 1.54) is 10.1 Å². The summed E-state index contributed by atoms with van der Waals surface area (Å²) in [4.78, 5) is 14.5. The molecule has 0 aliphatic carbocycles. The Morgan fingerprint density at radius 1 is 1.07 bits per heavy atom. The summed E-state index contributed by atoms with van der Waals surface area (Å²) in [5.74, 6) is -0.0818. The molecule has 29 heavy (non-hydrogen) atoms. The molecule has 1 fully saturated rings. The summed E-state index contributed by atoms with van der Waals surface area (Å²) < 4.78 is 6.29. The Bertz CT molecular complexity index is 952. The van der Waals surface area contributed by atoms with Gasteiger partial charge in [-0.2, -0.15) is 0 Å². The number of hydrogen-bond acceptors (Lipinski definition) is 5. The van der Waals surface area contributed by atoms with Crippen molar-refractivity contribution in [3.05, 3.63) is 76.8 Å². The van der Waals surface area contributed by atoms with Gasteiger partial charge in [-0.25, -0.2) is 4.79 Å². The lowest BCUT2D eigenvalue weighted by molar-refractivity contribution is 0.0889. The fourth-order valence-electron chi connectivity index (χ4n) is 4.20. The Morgan fingerprint density at radius 2 is 1.79 bits per heavy atom. The van der Waals surface area contributed by atoms with Gasteiger partial charge >= 0.3 is 5.76 Å². The quantitative estimate of drug-likeness (QED) is 0.637. The van der Waals surface area contributed by atoms with Gasteiger partial charge in [0.25, 0.3) is 0 Å². The van der Waals surface area contributed by atoms with Crippen LogP contribution in [0.3, 0.4) is 0 Å². The molecule has 2 atom stereocenters.